The number of benzene rings is 1. The van der Waals surface area contributed by atoms with Gasteiger partial charge in [-0.05, 0) is 37.1 Å². The molecule has 1 atom stereocenters. The van der Waals surface area contributed by atoms with Gasteiger partial charge in [0.2, 0.25) is 5.91 Å². The van der Waals surface area contributed by atoms with Gasteiger partial charge in [-0.2, -0.15) is 0 Å². The Labute approximate surface area is 171 Å². The van der Waals surface area contributed by atoms with Crippen LogP contribution in [0.4, 0.5) is 5.82 Å². The van der Waals surface area contributed by atoms with E-state index in [4.69, 9.17) is 14.2 Å². The molecule has 1 aromatic carbocycles. The van der Waals surface area contributed by atoms with Crippen molar-refractivity contribution in [2.45, 2.75) is 19.1 Å². The molecule has 1 aliphatic heterocycles. The van der Waals surface area contributed by atoms with Gasteiger partial charge >= 0.3 is 0 Å². The lowest BCUT2D eigenvalue weighted by Gasteiger charge is -2.33. The van der Waals surface area contributed by atoms with Crippen molar-refractivity contribution in [1.82, 2.24) is 15.3 Å². The summed E-state index contributed by atoms with van der Waals surface area (Å²) in [6.07, 6.45) is 2.91. The standard InChI is InChI=1S/C21H28N4O4/c1-27-17-8-6-15(7-9-17)18-11-19(24-14-23-18)25-10-4-5-16(13-25)21(26)22-12-20(28-2)29-3/h6-9,11,14,16,20H,4-5,10,12-13H2,1-3H3,(H,22,26)/t16-/m1/s1. The van der Waals surface area contributed by atoms with Crippen LogP contribution >= 0.6 is 0 Å². The van der Waals surface area contributed by atoms with E-state index in [2.05, 4.69) is 20.2 Å². The fraction of sp³-hybridized carbons (Fsp3) is 0.476. The molecule has 2 heterocycles. The smallest absolute Gasteiger partial charge is 0.225 e. The lowest BCUT2D eigenvalue weighted by atomic mass is 9.97. The lowest BCUT2D eigenvalue weighted by molar-refractivity contribution is -0.131. The predicted octanol–water partition coefficient (Wildman–Crippen LogP) is 2.10. The maximum absolute atomic E-state index is 12.6. The van der Waals surface area contributed by atoms with Crippen molar-refractivity contribution in [3.8, 4) is 17.0 Å². The third kappa shape index (κ3) is 5.42. The van der Waals surface area contributed by atoms with Gasteiger partial charge in [-0.3, -0.25) is 4.79 Å². The number of carbonyl (C=O) groups excluding carboxylic acids is 1. The molecule has 1 aliphatic rings. The number of ether oxygens (including phenoxy) is 3. The second-order valence-corrected chi connectivity index (χ2v) is 6.92. The molecule has 29 heavy (non-hydrogen) atoms. The number of nitrogens with zero attached hydrogens (tertiary/aromatic N) is 3. The number of aromatic nitrogens is 2. The van der Waals surface area contributed by atoms with Crippen LogP contribution in [0.2, 0.25) is 0 Å². The molecule has 0 aliphatic carbocycles. The molecule has 1 N–H and O–H groups in total. The Balaban J connectivity index is 1.66. The van der Waals surface area contributed by atoms with E-state index in [1.807, 2.05) is 30.3 Å². The van der Waals surface area contributed by atoms with Crippen molar-refractivity contribution in [2.75, 3.05) is 45.9 Å². The zero-order valence-electron chi connectivity index (χ0n) is 17.1. The SMILES string of the molecule is COc1ccc(-c2cc(N3CCC[C@@H](C(=O)NCC(OC)OC)C3)ncn2)cc1. The van der Waals surface area contributed by atoms with Gasteiger partial charge < -0.3 is 24.4 Å². The summed E-state index contributed by atoms with van der Waals surface area (Å²) in [5, 5.41) is 2.91. The van der Waals surface area contributed by atoms with E-state index in [1.54, 1.807) is 27.7 Å². The summed E-state index contributed by atoms with van der Waals surface area (Å²) < 4.78 is 15.5. The van der Waals surface area contributed by atoms with Crippen LogP contribution in [0, 0.1) is 5.92 Å². The van der Waals surface area contributed by atoms with Gasteiger partial charge in [-0.25, -0.2) is 9.97 Å². The molecule has 8 heteroatoms. The summed E-state index contributed by atoms with van der Waals surface area (Å²) in [5.74, 6) is 1.54. The first kappa shape index (κ1) is 21.0. The van der Waals surface area contributed by atoms with Gasteiger partial charge in [0.05, 0.1) is 25.3 Å². The minimum Gasteiger partial charge on any atom is -0.497 e. The van der Waals surface area contributed by atoms with Crippen LogP contribution in [0.15, 0.2) is 36.7 Å². The quantitative estimate of drug-likeness (QED) is 0.679. The van der Waals surface area contributed by atoms with Crippen molar-refractivity contribution < 1.29 is 19.0 Å². The van der Waals surface area contributed by atoms with Gasteiger partial charge in [-0.15, -0.1) is 0 Å². The summed E-state index contributed by atoms with van der Waals surface area (Å²) in [5.41, 5.74) is 1.83. The van der Waals surface area contributed by atoms with Crippen molar-refractivity contribution in [2.24, 2.45) is 5.92 Å². The van der Waals surface area contributed by atoms with Gasteiger partial charge in [0.25, 0.3) is 0 Å². The van der Waals surface area contributed by atoms with Gasteiger partial charge in [0.15, 0.2) is 6.29 Å². The molecule has 156 valence electrons. The molecule has 0 bridgehead atoms. The Morgan fingerprint density at radius 3 is 2.66 bits per heavy atom. The normalized spacial score (nSPS) is 16.7. The van der Waals surface area contributed by atoms with Gasteiger partial charge in [-0.1, -0.05) is 0 Å². The number of carbonyl (C=O) groups is 1. The summed E-state index contributed by atoms with van der Waals surface area (Å²) in [6, 6.07) is 9.73. The number of hydrogen-bond acceptors (Lipinski definition) is 7. The van der Waals surface area contributed by atoms with Crippen LogP contribution in [0.1, 0.15) is 12.8 Å². The van der Waals surface area contributed by atoms with Crippen LogP contribution in [0.25, 0.3) is 11.3 Å². The van der Waals surface area contributed by atoms with Crippen molar-refractivity contribution in [3.05, 3.63) is 36.7 Å². The Bertz CT molecular complexity index is 796. The van der Waals surface area contributed by atoms with E-state index in [0.29, 0.717) is 13.1 Å². The summed E-state index contributed by atoms with van der Waals surface area (Å²) in [7, 11) is 4.75. The number of rotatable bonds is 8. The topological polar surface area (TPSA) is 85.8 Å². The van der Waals surface area contributed by atoms with E-state index in [1.165, 1.54) is 0 Å². The molecule has 8 nitrogen and oxygen atoms in total. The molecule has 1 amide bonds. The highest BCUT2D eigenvalue weighted by Crippen LogP contribution is 2.26. The highest BCUT2D eigenvalue weighted by Gasteiger charge is 2.27. The van der Waals surface area contributed by atoms with Crippen molar-refractivity contribution >= 4 is 11.7 Å². The zero-order valence-corrected chi connectivity index (χ0v) is 17.1. The van der Waals surface area contributed by atoms with Gasteiger partial charge in [0.1, 0.15) is 17.9 Å². The largest absolute Gasteiger partial charge is 0.497 e. The number of nitrogens with one attached hydrogen (secondary N) is 1. The molecule has 3 rings (SSSR count). The molecule has 0 radical (unpaired) electrons. The average Bonchev–Trinajstić information content (AvgIpc) is 2.80. The number of amides is 1. The van der Waals surface area contributed by atoms with Gasteiger partial charge in [0, 0.05) is 38.9 Å². The van der Waals surface area contributed by atoms with Crippen LogP contribution in [-0.4, -0.2) is 63.1 Å². The molecular formula is C21H28N4O4. The first-order valence-electron chi connectivity index (χ1n) is 9.69. The fourth-order valence-corrected chi connectivity index (χ4v) is 3.43. The zero-order chi connectivity index (χ0) is 20.6. The number of hydrogen-bond donors (Lipinski definition) is 1. The fourth-order valence-electron chi connectivity index (χ4n) is 3.43. The molecule has 1 aromatic heterocycles. The summed E-state index contributed by atoms with van der Waals surface area (Å²) in [6.45, 7) is 1.81. The van der Waals surface area contributed by atoms with E-state index in [-0.39, 0.29) is 11.8 Å². The average molecular weight is 400 g/mol. The second kappa shape index (κ2) is 10.2. The highest BCUT2D eigenvalue weighted by atomic mass is 16.7. The first-order valence-corrected chi connectivity index (χ1v) is 9.69. The third-order valence-electron chi connectivity index (χ3n) is 5.12. The summed E-state index contributed by atoms with van der Waals surface area (Å²) >= 11 is 0. The molecule has 1 fully saturated rings. The van der Waals surface area contributed by atoms with Crippen molar-refractivity contribution in [1.29, 1.82) is 0 Å². The molecule has 0 saturated carbocycles. The van der Waals surface area contributed by atoms with Crippen LogP contribution < -0.4 is 15.0 Å². The molecule has 1 saturated heterocycles. The molecule has 0 unspecified atom stereocenters. The number of methoxy groups -OCH3 is 3. The van der Waals surface area contributed by atoms with E-state index in [0.717, 1.165) is 42.2 Å². The molecule has 0 spiro atoms. The van der Waals surface area contributed by atoms with Crippen LogP contribution in [-0.2, 0) is 14.3 Å². The lowest BCUT2D eigenvalue weighted by Crippen LogP contribution is -2.45. The Kier molecular flexibility index (Phi) is 7.37. The van der Waals surface area contributed by atoms with Crippen LogP contribution in [0.3, 0.4) is 0 Å². The van der Waals surface area contributed by atoms with Crippen molar-refractivity contribution in [3.63, 3.8) is 0 Å². The van der Waals surface area contributed by atoms with Crippen LogP contribution in [0.5, 0.6) is 5.75 Å². The molecule has 2 aromatic rings. The maximum Gasteiger partial charge on any atom is 0.225 e. The van der Waals surface area contributed by atoms with E-state index < -0.39 is 6.29 Å². The van der Waals surface area contributed by atoms with E-state index in [9.17, 15) is 4.79 Å². The molecular weight excluding hydrogens is 372 g/mol. The Morgan fingerprint density at radius 2 is 1.97 bits per heavy atom. The third-order valence-corrected chi connectivity index (χ3v) is 5.12. The van der Waals surface area contributed by atoms with E-state index >= 15 is 0 Å². The Morgan fingerprint density at radius 1 is 1.21 bits per heavy atom. The monoisotopic (exact) mass is 400 g/mol. The minimum absolute atomic E-state index is 0.0123. The first-order chi connectivity index (χ1) is 14.1. The second-order valence-electron chi connectivity index (χ2n) is 6.92. The minimum atomic E-state index is -0.437. The summed E-state index contributed by atoms with van der Waals surface area (Å²) in [4.78, 5) is 23.5. The maximum atomic E-state index is 12.6. The predicted molar refractivity (Wildman–Crippen MR) is 110 cm³/mol. The number of piperidine rings is 1. The number of anilines is 1. The highest BCUT2D eigenvalue weighted by molar-refractivity contribution is 5.79. The Hall–Kier alpha value is -2.71.